The van der Waals surface area contributed by atoms with Gasteiger partial charge in [-0.25, -0.2) is 0 Å². The Labute approximate surface area is 118 Å². The average Bonchev–Trinajstić information content (AvgIpc) is 2.41. The van der Waals surface area contributed by atoms with Gasteiger partial charge in [0.15, 0.2) is 5.12 Å². The van der Waals surface area contributed by atoms with Gasteiger partial charge in [0.1, 0.15) is 0 Å². The molecular weight excluding hydrogens is 260 g/mol. The smallest absolute Gasteiger partial charge is 0.186 e. The molecule has 1 aromatic carbocycles. The maximum absolute atomic E-state index is 11.2. The predicted octanol–water partition coefficient (Wildman–Crippen LogP) is 3.03. The molecule has 1 saturated heterocycles. The summed E-state index contributed by atoms with van der Waals surface area (Å²) in [5.74, 6) is 0. The molecule has 1 aliphatic rings. The lowest BCUT2D eigenvalue weighted by Gasteiger charge is -2.30. The van der Waals surface area contributed by atoms with Crippen molar-refractivity contribution in [3.63, 3.8) is 0 Å². The van der Waals surface area contributed by atoms with Crippen LogP contribution < -0.4 is 0 Å². The van der Waals surface area contributed by atoms with Gasteiger partial charge in [-0.05, 0) is 18.4 Å². The van der Waals surface area contributed by atoms with E-state index in [4.69, 9.17) is 9.47 Å². The second-order valence-corrected chi connectivity index (χ2v) is 6.12. The van der Waals surface area contributed by atoms with Crippen LogP contribution in [0.3, 0.4) is 0 Å². The lowest BCUT2D eigenvalue weighted by Crippen LogP contribution is -2.36. The van der Waals surface area contributed by atoms with Crippen LogP contribution in [0.1, 0.15) is 25.3 Å². The van der Waals surface area contributed by atoms with Gasteiger partial charge in [-0.3, -0.25) is 4.79 Å². The minimum atomic E-state index is 0.0337. The molecule has 0 radical (unpaired) electrons. The van der Waals surface area contributed by atoms with Crippen molar-refractivity contribution in [3.8, 4) is 0 Å². The zero-order valence-corrected chi connectivity index (χ0v) is 12.0. The molecule has 4 heteroatoms. The maximum Gasteiger partial charge on any atom is 0.186 e. The van der Waals surface area contributed by atoms with Crippen molar-refractivity contribution in [2.75, 3.05) is 13.2 Å². The van der Waals surface area contributed by atoms with Gasteiger partial charge in [-0.1, -0.05) is 42.1 Å². The number of hydrogen-bond acceptors (Lipinski definition) is 4. The molecule has 0 saturated carbocycles. The van der Waals surface area contributed by atoms with E-state index in [1.165, 1.54) is 11.8 Å². The van der Waals surface area contributed by atoms with Crippen LogP contribution in [0.5, 0.6) is 0 Å². The topological polar surface area (TPSA) is 35.5 Å². The number of thioether (sulfide) groups is 1. The molecule has 0 unspecified atom stereocenters. The minimum absolute atomic E-state index is 0.0337. The first-order valence-corrected chi connectivity index (χ1v) is 7.54. The van der Waals surface area contributed by atoms with E-state index >= 15 is 0 Å². The van der Waals surface area contributed by atoms with Gasteiger partial charge in [-0.2, -0.15) is 0 Å². The highest BCUT2D eigenvalue weighted by Gasteiger charge is 2.27. The second-order valence-electron chi connectivity index (χ2n) is 4.70. The predicted molar refractivity (Wildman–Crippen MR) is 77.1 cm³/mol. The van der Waals surface area contributed by atoms with E-state index in [0.717, 1.165) is 25.0 Å². The largest absolute Gasteiger partial charge is 0.375 e. The van der Waals surface area contributed by atoms with Crippen LogP contribution in [-0.2, 0) is 20.9 Å². The minimum Gasteiger partial charge on any atom is -0.375 e. The summed E-state index contributed by atoms with van der Waals surface area (Å²) in [6.07, 6.45) is 2.09. The molecule has 2 atom stereocenters. The molecule has 2 rings (SSSR count). The third-order valence-electron chi connectivity index (χ3n) is 3.09. The Morgan fingerprint density at radius 1 is 1.42 bits per heavy atom. The summed E-state index contributed by atoms with van der Waals surface area (Å²) in [6, 6.07) is 10.1. The van der Waals surface area contributed by atoms with E-state index in [1.54, 1.807) is 6.92 Å². The van der Waals surface area contributed by atoms with Crippen LogP contribution >= 0.6 is 11.8 Å². The number of carbonyl (C=O) groups is 1. The molecule has 1 fully saturated rings. The van der Waals surface area contributed by atoms with Crippen LogP contribution in [0, 0.1) is 0 Å². The molecule has 0 aliphatic carbocycles. The standard InChI is InChI=1S/C15H20O3S/c1-12(16)19-15-8-5-9-18-14(15)11-17-10-13-6-3-2-4-7-13/h2-4,6-7,14-15H,5,8-11H2,1H3/t14-,15-/m0/s1. The Kier molecular flexibility index (Phi) is 5.89. The van der Waals surface area contributed by atoms with Crippen molar-refractivity contribution in [1.29, 1.82) is 0 Å². The fourth-order valence-electron chi connectivity index (χ4n) is 2.18. The van der Waals surface area contributed by atoms with E-state index in [0.29, 0.717) is 13.2 Å². The molecular formula is C15H20O3S. The first-order valence-electron chi connectivity index (χ1n) is 6.66. The number of ether oxygens (including phenoxy) is 2. The molecule has 1 aliphatic heterocycles. The van der Waals surface area contributed by atoms with Gasteiger partial charge in [0.05, 0.1) is 19.3 Å². The fourth-order valence-corrected chi connectivity index (χ4v) is 3.20. The average molecular weight is 280 g/mol. The molecule has 0 bridgehead atoms. The fraction of sp³-hybridized carbons (Fsp3) is 0.533. The quantitative estimate of drug-likeness (QED) is 0.830. The number of hydrogen-bond donors (Lipinski definition) is 0. The zero-order valence-electron chi connectivity index (χ0n) is 11.2. The van der Waals surface area contributed by atoms with E-state index in [9.17, 15) is 4.79 Å². The van der Waals surface area contributed by atoms with Crippen LogP contribution in [-0.4, -0.2) is 29.7 Å². The molecule has 1 heterocycles. The maximum atomic E-state index is 11.2. The third kappa shape index (κ3) is 4.97. The van der Waals surface area contributed by atoms with E-state index in [1.807, 2.05) is 30.3 Å². The Morgan fingerprint density at radius 3 is 2.95 bits per heavy atom. The summed E-state index contributed by atoms with van der Waals surface area (Å²) in [7, 11) is 0. The van der Waals surface area contributed by atoms with Crippen molar-refractivity contribution >= 4 is 16.9 Å². The third-order valence-corrected chi connectivity index (χ3v) is 4.26. The number of carbonyl (C=O) groups excluding carboxylic acids is 1. The molecule has 0 spiro atoms. The Morgan fingerprint density at radius 2 is 2.21 bits per heavy atom. The summed E-state index contributed by atoms with van der Waals surface area (Å²) >= 11 is 1.39. The molecule has 19 heavy (non-hydrogen) atoms. The van der Waals surface area contributed by atoms with E-state index in [-0.39, 0.29) is 16.5 Å². The monoisotopic (exact) mass is 280 g/mol. The SMILES string of the molecule is CC(=O)S[C@H]1CCCO[C@H]1COCc1ccccc1. The van der Waals surface area contributed by atoms with Gasteiger partial charge < -0.3 is 9.47 Å². The van der Waals surface area contributed by atoms with E-state index in [2.05, 4.69) is 0 Å². The van der Waals surface area contributed by atoms with Crippen LogP contribution in [0.4, 0.5) is 0 Å². The highest BCUT2D eigenvalue weighted by Crippen LogP contribution is 2.27. The van der Waals surface area contributed by atoms with Crippen molar-refractivity contribution in [2.24, 2.45) is 0 Å². The van der Waals surface area contributed by atoms with Crippen LogP contribution in [0.15, 0.2) is 30.3 Å². The van der Waals surface area contributed by atoms with Gasteiger partial charge in [0.25, 0.3) is 0 Å². The van der Waals surface area contributed by atoms with Gasteiger partial charge in [-0.15, -0.1) is 0 Å². The lowest BCUT2D eigenvalue weighted by atomic mass is 10.1. The molecule has 0 aromatic heterocycles. The highest BCUT2D eigenvalue weighted by molar-refractivity contribution is 8.14. The Hall–Kier alpha value is -0.840. The van der Waals surface area contributed by atoms with Crippen LogP contribution in [0.2, 0.25) is 0 Å². The highest BCUT2D eigenvalue weighted by atomic mass is 32.2. The molecule has 1 aromatic rings. The van der Waals surface area contributed by atoms with Gasteiger partial charge >= 0.3 is 0 Å². The number of benzene rings is 1. The molecule has 3 nitrogen and oxygen atoms in total. The van der Waals surface area contributed by atoms with E-state index < -0.39 is 0 Å². The van der Waals surface area contributed by atoms with Crippen LogP contribution in [0.25, 0.3) is 0 Å². The Bertz CT molecular complexity index is 394. The second kappa shape index (κ2) is 7.68. The van der Waals surface area contributed by atoms with Crippen molar-refractivity contribution in [2.45, 2.75) is 37.7 Å². The summed E-state index contributed by atoms with van der Waals surface area (Å²) in [5, 5.41) is 0.394. The summed E-state index contributed by atoms with van der Waals surface area (Å²) < 4.78 is 11.5. The molecule has 104 valence electrons. The number of rotatable bonds is 5. The summed E-state index contributed by atoms with van der Waals surface area (Å²) in [5.41, 5.74) is 1.16. The van der Waals surface area contributed by atoms with Crippen molar-refractivity contribution in [3.05, 3.63) is 35.9 Å². The normalized spacial score (nSPS) is 23.2. The van der Waals surface area contributed by atoms with Crippen molar-refractivity contribution < 1.29 is 14.3 Å². The van der Waals surface area contributed by atoms with Gasteiger partial charge in [0, 0.05) is 18.8 Å². The molecule has 0 N–H and O–H groups in total. The zero-order chi connectivity index (χ0) is 13.5. The lowest BCUT2D eigenvalue weighted by molar-refractivity contribution is -0.109. The first kappa shape index (κ1) is 14.6. The van der Waals surface area contributed by atoms with Crippen molar-refractivity contribution in [1.82, 2.24) is 0 Å². The first-order chi connectivity index (χ1) is 9.25. The summed E-state index contributed by atoms with van der Waals surface area (Å²) in [4.78, 5) is 11.2. The Balaban J connectivity index is 1.78. The summed E-state index contributed by atoms with van der Waals surface area (Å²) in [6.45, 7) is 3.54. The van der Waals surface area contributed by atoms with Gasteiger partial charge in [0.2, 0.25) is 0 Å². The molecule has 0 amide bonds.